The number of imide groups is 1. The molecule has 0 fully saturated rings. The van der Waals surface area contributed by atoms with E-state index in [1.165, 1.54) is 24.1 Å². The first-order chi connectivity index (χ1) is 15.5. The maximum absolute atomic E-state index is 13.0. The molecule has 10 heteroatoms. The molecule has 158 valence electrons. The Morgan fingerprint density at radius 1 is 1.00 bits per heavy atom. The zero-order valence-electron chi connectivity index (χ0n) is 16.8. The van der Waals surface area contributed by atoms with Crippen LogP contribution in [0.4, 0.5) is 5.69 Å². The molecule has 1 aliphatic heterocycles. The van der Waals surface area contributed by atoms with E-state index in [4.69, 9.17) is 0 Å². The molecule has 0 bridgehead atoms. The first-order valence-corrected chi connectivity index (χ1v) is 9.76. The molecule has 5 rings (SSSR count). The monoisotopic (exact) mass is 428 g/mol. The van der Waals surface area contributed by atoms with E-state index in [-0.39, 0.29) is 16.7 Å². The van der Waals surface area contributed by atoms with Crippen molar-refractivity contribution in [1.82, 2.24) is 24.6 Å². The number of anilines is 1. The molecule has 4 aromatic rings. The minimum absolute atomic E-state index is 0.275. The van der Waals surface area contributed by atoms with Crippen LogP contribution in [0, 0.1) is 0 Å². The van der Waals surface area contributed by atoms with Gasteiger partial charge in [0.25, 0.3) is 17.4 Å². The maximum Gasteiger partial charge on any atom is 0.262 e. The number of rotatable bonds is 4. The fraction of sp³-hybridized carbons (Fsp3) is 0.0909. The van der Waals surface area contributed by atoms with Gasteiger partial charge in [-0.3, -0.25) is 24.1 Å². The highest BCUT2D eigenvalue weighted by Gasteiger charge is 2.40. The predicted octanol–water partition coefficient (Wildman–Crippen LogP) is 1.73. The molecule has 1 atom stereocenters. The van der Waals surface area contributed by atoms with E-state index in [1.54, 1.807) is 48.5 Å². The molecule has 32 heavy (non-hydrogen) atoms. The molecular formula is C22H16N6O4. The lowest BCUT2D eigenvalue weighted by atomic mass is 10.1. The van der Waals surface area contributed by atoms with Gasteiger partial charge >= 0.3 is 0 Å². The van der Waals surface area contributed by atoms with Gasteiger partial charge < -0.3 is 10.3 Å². The van der Waals surface area contributed by atoms with Crippen molar-refractivity contribution in [2.24, 2.45) is 0 Å². The number of carbonyl (C=O) groups is 3. The highest BCUT2D eigenvalue weighted by atomic mass is 16.2. The summed E-state index contributed by atoms with van der Waals surface area (Å²) in [6, 6.07) is 12.2. The van der Waals surface area contributed by atoms with Crippen LogP contribution in [0.25, 0.3) is 16.7 Å². The van der Waals surface area contributed by atoms with Crippen LogP contribution >= 0.6 is 0 Å². The Labute approximate surface area is 180 Å². The zero-order valence-corrected chi connectivity index (χ0v) is 16.8. The van der Waals surface area contributed by atoms with E-state index in [0.29, 0.717) is 22.4 Å². The van der Waals surface area contributed by atoms with Crippen LogP contribution in [0.3, 0.4) is 0 Å². The molecule has 0 saturated heterocycles. The molecule has 3 amide bonds. The van der Waals surface area contributed by atoms with Crippen molar-refractivity contribution in [3.63, 3.8) is 0 Å². The van der Waals surface area contributed by atoms with E-state index < -0.39 is 23.8 Å². The SMILES string of the molecule is CC(C(=O)Nc1ccccc1-n1ncc2c(=O)[nH]cnc21)N1C(=O)c2ccccc2C1=O. The molecule has 2 aromatic heterocycles. The second-order valence-corrected chi connectivity index (χ2v) is 7.23. The van der Waals surface area contributed by atoms with Gasteiger partial charge in [0, 0.05) is 0 Å². The number of aromatic nitrogens is 4. The average molecular weight is 428 g/mol. The summed E-state index contributed by atoms with van der Waals surface area (Å²) >= 11 is 0. The molecule has 10 nitrogen and oxygen atoms in total. The van der Waals surface area contributed by atoms with Crippen LogP contribution in [0.2, 0.25) is 0 Å². The van der Waals surface area contributed by atoms with Gasteiger partial charge in [-0.2, -0.15) is 5.10 Å². The molecule has 0 aliphatic carbocycles. The highest BCUT2D eigenvalue weighted by Crippen LogP contribution is 2.26. The topological polar surface area (TPSA) is 130 Å². The number of aromatic amines is 1. The molecule has 1 unspecified atom stereocenters. The maximum atomic E-state index is 13.0. The van der Waals surface area contributed by atoms with Crippen LogP contribution < -0.4 is 10.9 Å². The number of fused-ring (bicyclic) bond motifs is 2. The first-order valence-electron chi connectivity index (χ1n) is 9.76. The Kier molecular flexibility index (Phi) is 4.40. The summed E-state index contributed by atoms with van der Waals surface area (Å²) in [5, 5.41) is 7.29. The van der Waals surface area contributed by atoms with Crippen molar-refractivity contribution in [3.8, 4) is 5.69 Å². The van der Waals surface area contributed by atoms with E-state index in [2.05, 4.69) is 20.4 Å². The Hall–Kier alpha value is -4.60. The van der Waals surface area contributed by atoms with E-state index in [9.17, 15) is 19.2 Å². The quantitative estimate of drug-likeness (QED) is 0.476. The lowest BCUT2D eigenvalue weighted by Crippen LogP contribution is -2.45. The molecular weight excluding hydrogens is 412 g/mol. The molecule has 2 N–H and O–H groups in total. The van der Waals surface area contributed by atoms with Crippen molar-refractivity contribution in [2.75, 3.05) is 5.32 Å². The highest BCUT2D eigenvalue weighted by molar-refractivity contribution is 6.23. The van der Waals surface area contributed by atoms with Gasteiger partial charge in [-0.25, -0.2) is 9.67 Å². The largest absolute Gasteiger partial charge is 0.322 e. The van der Waals surface area contributed by atoms with Gasteiger partial charge in [0.1, 0.15) is 11.4 Å². The average Bonchev–Trinajstić information content (AvgIpc) is 3.34. The minimum Gasteiger partial charge on any atom is -0.322 e. The minimum atomic E-state index is -1.05. The Morgan fingerprint density at radius 3 is 2.38 bits per heavy atom. The smallest absolute Gasteiger partial charge is 0.262 e. The summed E-state index contributed by atoms with van der Waals surface area (Å²) in [6.45, 7) is 1.49. The zero-order chi connectivity index (χ0) is 22.4. The molecule has 1 aliphatic rings. The van der Waals surface area contributed by atoms with Crippen LogP contribution in [0.5, 0.6) is 0 Å². The molecule has 0 saturated carbocycles. The number of benzene rings is 2. The number of nitrogens with one attached hydrogen (secondary N) is 2. The summed E-state index contributed by atoms with van der Waals surface area (Å²) in [5.74, 6) is -1.57. The number of H-pyrrole nitrogens is 1. The summed E-state index contributed by atoms with van der Waals surface area (Å²) in [6.07, 6.45) is 2.66. The molecule has 2 aromatic carbocycles. The van der Waals surface area contributed by atoms with Crippen molar-refractivity contribution < 1.29 is 14.4 Å². The number of nitrogens with zero attached hydrogens (tertiary/aromatic N) is 4. The Balaban J connectivity index is 1.46. The van der Waals surface area contributed by atoms with E-state index in [1.807, 2.05) is 0 Å². The third-order valence-corrected chi connectivity index (χ3v) is 5.35. The Morgan fingerprint density at radius 2 is 1.66 bits per heavy atom. The molecule has 3 heterocycles. The Bertz CT molecular complexity index is 1440. The van der Waals surface area contributed by atoms with Gasteiger partial charge in [-0.15, -0.1) is 0 Å². The third-order valence-electron chi connectivity index (χ3n) is 5.35. The van der Waals surface area contributed by atoms with Gasteiger partial charge in [0.15, 0.2) is 5.65 Å². The fourth-order valence-electron chi connectivity index (χ4n) is 3.71. The van der Waals surface area contributed by atoms with Crippen molar-refractivity contribution >= 4 is 34.4 Å². The van der Waals surface area contributed by atoms with Gasteiger partial charge in [-0.05, 0) is 31.2 Å². The predicted molar refractivity (Wildman–Crippen MR) is 115 cm³/mol. The summed E-state index contributed by atoms with van der Waals surface area (Å²) in [5.41, 5.74) is 1.40. The van der Waals surface area contributed by atoms with Crippen LogP contribution in [0.15, 0.2) is 65.8 Å². The number of amides is 3. The van der Waals surface area contributed by atoms with Crippen molar-refractivity contribution in [1.29, 1.82) is 0 Å². The summed E-state index contributed by atoms with van der Waals surface area (Å²) in [7, 11) is 0. The lowest BCUT2D eigenvalue weighted by Gasteiger charge is -2.22. The standard InChI is InChI=1S/C22H16N6O4/c1-12(27-21(31)13-6-2-3-7-14(13)22(27)32)19(29)26-16-8-4-5-9-17(16)28-18-15(10-25-28)20(30)24-11-23-18/h2-12H,1H3,(H,26,29)(H,23,24,30). The van der Waals surface area contributed by atoms with Gasteiger partial charge in [0.2, 0.25) is 5.91 Å². The number of hydrogen-bond acceptors (Lipinski definition) is 6. The molecule has 0 spiro atoms. The number of hydrogen-bond donors (Lipinski definition) is 2. The summed E-state index contributed by atoms with van der Waals surface area (Å²) in [4.78, 5) is 58.0. The second kappa shape index (κ2) is 7.27. The molecule has 0 radical (unpaired) electrons. The lowest BCUT2D eigenvalue weighted by molar-refractivity contribution is -0.119. The summed E-state index contributed by atoms with van der Waals surface area (Å²) < 4.78 is 1.44. The van der Waals surface area contributed by atoms with Crippen LogP contribution in [-0.2, 0) is 4.79 Å². The van der Waals surface area contributed by atoms with Crippen molar-refractivity contribution in [3.05, 3.63) is 82.5 Å². The first kappa shape index (κ1) is 19.4. The van der Waals surface area contributed by atoms with E-state index >= 15 is 0 Å². The number of carbonyl (C=O) groups excluding carboxylic acids is 3. The van der Waals surface area contributed by atoms with Gasteiger partial charge in [0.05, 0.1) is 35.0 Å². The van der Waals surface area contributed by atoms with Crippen LogP contribution in [0.1, 0.15) is 27.6 Å². The van der Waals surface area contributed by atoms with E-state index in [0.717, 1.165) is 4.90 Å². The second-order valence-electron chi connectivity index (χ2n) is 7.23. The fourth-order valence-corrected chi connectivity index (χ4v) is 3.71. The van der Waals surface area contributed by atoms with Crippen molar-refractivity contribution in [2.45, 2.75) is 13.0 Å². The van der Waals surface area contributed by atoms with Gasteiger partial charge in [-0.1, -0.05) is 24.3 Å². The van der Waals surface area contributed by atoms with Crippen LogP contribution in [-0.4, -0.2) is 48.4 Å². The number of para-hydroxylation sites is 2. The third kappa shape index (κ3) is 2.88. The normalized spacial score (nSPS) is 14.0.